The van der Waals surface area contributed by atoms with E-state index in [-0.39, 0.29) is 11.9 Å². The van der Waals surface area contributed by atoms with Crippen LogP contribution in [0.2, 0.25) is 0 Å². The molecule has 0 saturated heterocycles. The number of nitrogens with one attached hydrogen (secondary N) is 1. The van der Waals surface area contributed by atoms with Gasteiger partial charge in [0.2, 0.25) is 5.88 Å². The number of carbonyl (C=O) groups is 1. The van der Waals surface area contributed by atoms with Crippen LogP contribution in [0.3, 0.4) is 0 Å². The number of hydrogen-bond acceptors (Lipinski definition) is 4. The maximum absolute atomic E-state index is 11.1. The molecule has 0 spiro atoms. The van der Waals surface area contributed by atoms with Crippen LogP contribution >= 0.6 is 0 Å². The maximum atomic E-state index is 11.1. The zero-order chi connectivity index (χ0) is 13.0. The van der Waals surface area contributed by atoms with Crippen LogP contribution < -0.4 is 10.1 Å². The zero-order valence-corrected chi connectivity index (χ0v) is 10.8. The Labute approximate surface area is 107 Å². The van der Waals surface area contributed by atoms with Crippen molar-refractivity contribution in [3.63, 3.8) is 0 Å². The van der Waals surface area contributed by atoms with Gasteiger partial charge in [-0.05, 0) is 26.3 Å². The van der Waals surface area contributed by atoms with Crippen molar-refractivity contribution in [1.82, 2.24) is 10.3 Å². The summed E-state index contributed by atoms with van der Waals surface area (Å²) < 4.78 is 5.64. The van der Waals surface area contributed by atoms with Crippen LogP contribution in [-0.4, -0.2) is 16.9 Å². The molecule has 1 N–H and O–H groups in total. The van der Waals surface area contributed by atoms with Crippen LogP contribution in [0.15, 0.2) is 30.1 Å². The molecule has 0 radical (unpaired) electrons. The first-order valence-electron chi connectivity index (χ1n) is 6.23. The lowest BCUT2D eigenvalue weighted by atomic mass is 10.2. The minimum absolute atomic E-state index is 0.103. The van der Waals surface area contributed by atoms with E-state index in [0.717, 1.165) is 17.7 Å². The number of hydrogen-bond donors (Lipinski definition) is 1. The fourth-order valence-corrected chi connectivity index (χ4v) is 1.83. The van der Waals surface area contributed by atoms with Gasteiger partial charge in [0.1, 0.15) is 0 Å². The highest BCUT2D eigenvalue weighted by Gasteiger charge is 2.12. The second-order valence-electron chi connectivity index (χ2n) is 4.62. The van der Waals surface area contributed by atoms with Crippen molar-refractivity contribution < 1.29 is 9.53 Å². The molecule has 1 aromatic heterocycles. The fraction of sp³-hybridized carbons (Fsp3) is 0.429. The average Bonchev–Trinajstić information content (AvgIpc) is 2.73. The van der Waals surface area contributed by atoms with E-state index < -0.39 is 0 Å². The molecule has 1 aromatic rings. The molecule has 96 valence electrons. The van der Waals surface area contributed by atoms with Gasteiger partial charge in [-0.25, -0.2) is 4.98 Å². The molecular weight excluding hydrogens is 228 g/mol. The number of ketones is 1. The molecule has 0 aliphatic heterocycles. The van der Waals surface area contributed by atoms with Gasteiger partial charge in [0, 0.05) is 36.5 Å². The van der Waals surface area contributed by atoms with E-state index in [2.05, 4.69) is 10.3 Å². The molecule has 0 fully saturated rings. The van der Waals surface area contributed by atoms with Gasteiger partial charge in [-0.3, -0.25) is 4.79 Å². The molecule has 1 heterocycles. The topological polar surface area (TPSA) is 51.2 Å². The van der Waals surface area contributed by atoms with Gasteiger partial charge < -0.3 is 10.1 Å². The van der Waals surface area contributed by atoms with Gasteiger partial charge in [-0.15, -0.1) is 0 Å². The Bertz CT molecular complexity index is 467. The maximum Gasteiger partial charge on any atom is 0.218 e. The van der Waals surface area contributed by atoms with Crippen LogP contribution in [-0.2, 0) is 11.3 Å². The lowest BCUT2D eigenvalue weighted by Crippen LogP contribution is -2.15. The SMILES string of the molecule is CC(C)Oc1ncccc1CNC1=CC(=O)CC1. The number of allylic oxidation sites excluding steroid dienone is 2. The first kappa shape index (κ1) is 12.6. The largest absolute Gasteiger partial charge is 0.475 e. The van der Waals surface area contributed by atoms with Crippen molar-refractivity contribution in [1.29, 1.82) is 0 Å². The van der Waals surface area contributed by atoms with Crippen LogP contribution in [0.5, 0.6) is 5.88 Å². The van der Waals surface area contributed by atoms with Gasteiger partial charge in [-0.1, -0.05) is 6.07 Å². The summed E-state index contributed by atoms with van der Waals surface area (Å²) in [7, 11) is 0. The third-order valence-electron chi connectivity index (χ3n) is 2.68. The molecule has 18 heavy (non-hydrogen) atoms. The summed E-state index contributed by atoms with van der Waals surface area (Å²) in [5, 5.41) is 3.26. The number of ether oxygens (including phenoxy) is 1. The number of nitrogens with zero attached hydrogens (tertiary/aromatic N) is 1. The Morgan fingerprint density at radius 1 is 1.44 bits per heavy atom. The van der Waals surface area contributed by atoms with E-state index in [1.165, 1.54) is 0 Å². The molecule has 2 rings (SSSR count). The predicted molar refractivity (Wildman–Crippen MR) is 69.2 cm³/mol. The lowest BCUT2D eigenvalue weighted by molar-refractivity contribution is -0.114. The van der Waals surface area contributed by atoms with E-state index in [4.69, 9.17) is 4.74 Å². The smallest absolute Gasteiger partial charge is 0.218 e. The number of carbonyl (C=O) groups excluding carboxylic acids is 1. The Balaban J connectivity index is 2.00. The monoisotopic (exact) mass is 246 g/mol. The zero-order valence-electron chi connectivity index (χ0n) is 10.8. The number of aromatic nitrogens is 1. The summed E-state index contributed by atoms with van der Waals surface area (Å²) in [6.45, 7) is 4.59. The van der Waals surface area contributed by atoms with Crippen LogP contribution in [0, 0.1) is 0 Å². The summed E-state index contributed by atoms with van der Waals surface area (Å²) in [6, 6.07) is 3.87. The van der Waals surface area contributed by atoms with E-state index in [0.29, 0.717) is 18.8 Å². The second kappa shape index (κ2) is 5.67. The van der Waals surface area contributed by atoms with Crippen LogP contribution in [0.1, 0.15) is 32.3 Å². The number of pyridine rings is 1. The standard InChI is InChI=1S/C14H18N2O2/c1-10(2)18-14-11(4-3-7-15-14)9-16-12-5-6-13(17)8-12/h3-4,7-8,10,16H,5-6,9H2,1-2H3. The third kappa shape index (κ3) is 3.32. The summed E-state index contributed by atoms with van der Waals surface area (Å²) in [6.07, 6.45) is 4.93. The normalized spacial score (nSPS) is 14.8. The average molecular weight is 246 g/mol. The van der Waals surface area contributed by atoms with E-state index >= 15 is 0 Å². The molecule has 0 atom stereocenters. The molecular formula is C14H18N2O2. The van der Waals surface area contributed by atoms with Gasteiger partial charge >= 0.3 is 0 Å². The van der Waals surface area contributed by atoms with Crippen molar-refractivity contribution in [2.24, 2.45) is 0 Å². The molecule has 1 aliphatic carbocycles. The van der Waals surface area contributed by atoms with Gasteiger partial charge in [-0.2, -0.15) is 0 Å². The first-order valence-corrected chi connectivity index (χ1v) is 6.23. The van der Waals surface area contributed by atoms with E-state index in [1.54, 1.807) is 12.3 Å². The highest BCUT2D eigenvalue weighted by atomic mass is 16.5. The second-order valence-corrected chi connectivity index (χ2v) is 4.62. The summed E-state index contributed by atoms with van der Waals surface area (Å²) in [5.41, 5.74) is 2.01. The molecule has 0 unspecified atom stereocenters. The number of rotatable bonds is 5. The van der Waals surface area contributed by atoms with Gasteiger partial charge in [0.15, 0.2) is 5.78 Å². The summed E-state index contributed by atoms with van der Waals surface area (Å²) >= 11 is 0. The van der Waals surface area contributed by atoms with Crippen molar-refractivity contribution >= 4 is 5.78 Å². The third-order valence-corrected chi connectivity index (χ3v) is 2.68. The highest BCUT2D eigenvalue weighted by Crippen LogP contribution is 2.18. The molecule has 4 heteroatoms. The van der Waals surface area contributed by atoms with Crippen molar-refractivity contribution in [3.8, 4) is 5.88 Å². The molecule has 1 aliphatic rings. The Kier molecular flexibility index (Phi) is 3.97. The minimum atomic E-state index is 0.103. The minimum Gasteiger partial charge on any atom is -0.475 e. The Hall–Kier alpha value is -1.84. The fourth-order valence-electron chi connectivity index (χ4n) is 1.83. The molecule has 4 nitrogen and oxygen atoms in total. The van der Waals surface area contributed by atoms with Crippen LogP contribution in [0.4, 0.5) is 0 Å². The van der Waals surface area contributed by atoms with Crippen molar-refractivity contribution in [2.45, 2.75) is 39.3 Å². The van der Waals surface area contributed by atoms with Crippen LogP contribution in [0.25, 0.3) is 0 Å². The van der Waals surface area contributed by atoms with E-state index in [9.17, 15) is 4.79 Å². The molecule has 0 saturated carbocycles. The first-order chi connectivity index (χ1) is 8.65. The lowest BCUT2D eigenvalue weighted by Gasteiger charge is -2.13. The Morgan fingerprint density at radius 3 is 2.94 bits per heavy atom. The van der Waals surface area contributed by atoms with Crippen molar-refractivity contribution in [3.05, 3.63) is 35.7 Å². The molecule has 0 bridgehead atoms. The van der Waals surface area contributed by atoms with E-state index in [1.807, 2.05) is 26.0 Å². The highest BCUT2D eigenvalue weighted by molar-refractivity contribution is 5.92. The predicted octanol–water partition coefficient (Wildman–Crippen LogP) is 2.21. The molecule has 0 aromatic carbocycles. The summed E-state index contributed by atoms with van der Waals surface area (Å²) in [4.78, 5) is 15.4. The van der Waals surface area contributed by atoms with Gasteiger partial charge in [0.05, 0.1) is 6.10 Å². The van der Waals surface area contributed by atoms with Gasteiger partial charge in [0.25, 0.3) is 0 Å². The quantitative estimate of drug-likeness (QED) is 0.865. The summed E-state index contributed by atoms with van der Waals surface area (Å²) in [5.74, 6) is 0.854. The van der Waals surface area contributed by atoms with Crippen molar-refractivity contribution in [2.75, 3.05) is 0 Å². The Morgan fingerprint density at radius 2 is 2.28 bits per heavy atom. The molecule has 0 amide bonds.